The Morgan fingerprint density at radius 2 is 1.61 bits per heavy atom. The van der Waals surface area contributed by atoms with E-state index in [0.29, 0.717) is 19.4 Å². The van der Waals surface area contributed by atoms with Crippen molar-refractivity contribution < 1.29 is 32.2 Å². The number of nitrogens with zero attached hydrogens (tertiary/aromatic N) is 2. The number of rotatable bonds is 15. The van der Waals surface area contributed by atoms with Gasteiger partial charge in [0.15, 0.2) is 5.71 Å². The highest BCUT2D eigenvalue weighted by Gasteiger charge is 2.44. The van der Waals surface area contributed by atoms with Gasteiger partial charge in [0.25, 0.3) is 10.1 Å². The van der Waals surface area contributed by atoms with Crippen LogP contribution < -0.4 is 10.2 Å². The van der Waals surface area contributed by atoms with Crippen LogP contribution in [-0.2, 0) is 30.5 Å². The van der Waals surface area contributed by atoms with Gasteiger partial charge in [-0.15, -0.1) is 0 Å². The molecule has 0 aromatic heterocycles. The Balaban J connectivity index is 1.67. The van der Waals surface area contributed by atoms with Crippen molar-refractivity contribution in [1.29, 1.82) is 0 Å². The fraction of sp³-hybridized carbons (Fsp3) is 0.472. The van der Waals surface area contributed by atoms with Gasteiger partial charge in [0.05, 0.1) is 10.3 Å². The Labute approximate surface area is 273 Å². The van der Waals surface area contributed by atoms with Gasteiger partial charge in [-0.05, 0) is 69.4 Å². The molecule has 2 aliphatic heterocycles. The van der Waals surface area contributed by atoms with Crippen LogP contribution >= 0.6 is 0 Å². The molecule has 0 saturated heterocycles. The Hall–Kier alpha value is -3.76. The molecule has 3 N–H and O–H groups in total. The van der Waals surface area contributed by atoms with Gasteiger partial charge in [0.1, 0.15) is 6.54 Å². The van der Waals surface area contributed by atoms with Gasteiger partial charge in [0, 0.05) is 67.4 Å². The summed E-state index contributed by atoms with van der Waals surface area (Å²) in [6.45, 7) is 10.1. The maximum Gasteiger partial charge on any atom is 0.303 e. The lowest BCUT2D eigenvalue weighted by molar-refractivity contribution is -0.438. The molecule has 1 amide bonds. The SMILES string of the molecule is CNC(=O)CCCCC[N+]1=C(C=CC=C2N(CCCCCC(=O)O)c3ccc(S(=O)(=O)O)cc3C2(C)C)C(C)(C)c2ccccc21. The Kier molecular flexibility index (Phi) is 10.9. The first-order valence-corrected chi connectivity index (χ1v) is 17.6. The molecule has 10 heteroatoms. The Morgan fingerprint density at radius 3 is 2.30 bits per heavy atom. The molecule has 2 heterocycles. The second kappa shape index (κ2) is 14.3. The molecule has 46 heavy (non-hydrogen) atoms. The summed E-state index contributed by atoms with van der Waals surface area (Å²) in [4.78, 5) is 24.7. The van der Waals surface area contributed by atoms with E-state index < -0.39 is 21.5 Å². The third kappa shape index (κ3) is 7.61. The van der Waals surface area contributed by atoms with Crippen LogP contribution in [0.3, 0.4) is 0 Å². The lowest BCUT2D eigenvalue weighted by Gasteiger charge is -2.27. The standard InChI is InChI=1S/C36H47N3O6S/c1-35(2)27-15-10-11-16-29(27)38(23-12-6-8-19-33(40)37-5)31(35)17-14-18-32-36(3,4)28-25-26(46(43,44)45)21-22-30(28)39(32)24-13-7-9-20-34(41)42/h10-11,14-18,21-22,25H,6-9,12-13,19-20,23-24H2,1-5H3,(H2-,37,40,41,42,43,44,45)/p+1. The number of hydrogen-bond donors (Lipinski definition) is 3. The number of carboxylic acid groups (broad SMARTS) is 1. The maximum atomic E-state index is 12.0. The van der Waals surface area contributed by atoms with E-state index in [-0.39, 0.29) is 22.6 Å². The number of amides is 1. The van der Waals surface area contributed by atoms with E-state index in [0.717, 1.165) is 55.6 Å². The molecule has 2 aromatic rings. The summed E-state index contributed by atoms with van der Waals surface area (Å²) in [5.74, 6) is -0.736. The van der Waals surface area contributed by atoms with Gasteiger partial charge in [-0.1, -0.05) is 44.5 Å². The first kappa shape index (κ1) is 35.1. The molecule has 0 saturated carbocycles. The quantitative estimate of drug-likeness (QED) is 0.114. The number of anilines is 1. The minimum atomic E-state index is -4.37. The molecule has 2 aliphatic rings. The highest BCUT2D eigenvalue weighted by molar-refractivity contribution is 7.85. The van der Waals surface area contributed by atoms with Crippen LogP contribution in [0.2, 0.25) is 0 Å². The molecule has 0 atom stereocenters. The predicted molar refractivity (Wildman–Crippen MR) is 182 cm³/mol. The fourth-order valence-electron chi connectivity index (χ4n) is 6.75. The zero-order valence-corrected chi connectivity index (χ0v) is 28.5. The van der Waals surface area contributed by atoms with E-state index in [9.17, 15) is 22.6 Å². The maximum absolute atomic E-state index is 12.0. The van der Waals surface area contributed by atoms with Crippen LogP contribution in [0.25, 0.3) is 0 Å². The summed E-state index contributed by atoms with van der Waals surface area (Å²) in [5.41, 5.74) is 5.56. The van der Waals surface area contributed by atoms with Crippen molar-refractivity contribution in [2.45, 2.75) is 94.8 Å². The van der Waals surface area contributed by atoms with Crippen molar-refractivity contribution in [1.82, 2.24) is 5.32 Å². The van der Waals surface area contributed by atoms with Gasteiger partial charge >= 0.3 is 5.97 Å². The number of carbonyl (C=O) groups excluding carboxylic acids is 1. The topological polar surface area (TPSA) is 127 Å². The fourth-order valence-corrected chi connectivity index (χ4v) is 7.26. The van der Waals surface area contributed by atoms with Crippen molar-refractivity contribution in [3.05, 3.63) is 77.5 Å². The zero-order chi connectivity index (χ0) is 33.7. The summed E-state index contributed by atoms with van der Waals surface area (Å²) < 4.78 is 36.2. The van der Waals surface area contributed by atoms with E-state index in [1.54, 1.807) is 19.2 Å². The van der Waals surface area contributed by atoms with E-state index in [1.165, 1.54) is 23.0 Å². The number of para-hydroxylation sites is 1. The second-order valence-corrected chi connectivity index (χ2v) is 14.6. The number of allylic oxidation sites excluding steroid dienone is 4. The number of fused-ring (bicyclic) bond motifs is 2. The van der Waals surface area contributed by atoms with Crippen LogP contribution in [0.4, 0.5) is 11.4 Å². The first-order chi connectivity index (χ1) is 21.7. The molecule has 0 radical (unpaired) electrons. The van der Waals surface area contributed by atoms with Crippen molar-refractivity contribution in [3.8, 4) is 0 Å². The number of nitrogens with one attached hydrogen (secondary N) is 1. The van der Waals surface area contributed by atoms with Crippen molar-refractivity contribution in [3.63, 3.8) is 0 Å². The number of benzene rings is 2. The van der Waals surface area contributed by atoms with E-state index >= 15 is 0 Å². The van der Waals surface area contributed by atoms with Crippen LogP contribution in [0.15, 0.2) is 71.3 Å². The molecule has 9 nitrogen and oxygen atoms in total. The smallest absolute Gasteiger partial charge is 0.303 e. The molecule has 248 valence electrons. The highest BCUT2D eigenvalue weighted by atomic mass is 32.2. The number of unbranched alkanes of at least 4 members (excludes halogenated alkanes) is 4. The minimum absolute atomic E-state index is 0.0661. The molecule has 0 bridgehead atoms. The van der Waals surface area contributed by atoms with E-state index in [4.69, 9.17) is 5.11 Å². The van der Waals surface area contributed by atoms with Crippen LogP contribution in [0.1, 0.15) is 90.2 Å². The number of hydrogen-bond acceptors (Lipinski definition) is 5. The van der Waals surface area contributed by atoms with Crippen molar-refractivity contribution >= 4 is 39.1 Å². The molecule has 0 aliphatic carbocycles. The predicted octanol–water partition coefficient (Wildman–Crippen LogP) is 6.50. The highest BCUT2D eigenvalue weighted by Crippen LogP contribution is 2.48. The molecule has 0 fully saturated rings. The molecule has 2 aromatic carbocycles. The first-order valence-electron chi connectivity index (χ1n) is 16.1. The average molecular weight is 651 g/mol. The van der Waals surface area contributed by atoms with Gasteiger partial charge < -0.3 is 15.3 Å². The monoisotopic (exact) mass is 650 g/mol. The molecule has 0 unspecified atom stereocenters. The summed E-state index contributed by atoms with van der Waals surface area (Å²) in [5, 5.41) is 11.7. The van der Waals surface area contributed by atoms with Crippen LogP contribution in [0, 0.1) is 0 Å². The third-order valence-electron chi connectivity index (χ3n) is 9.31. The summed E-state index contributed by atoms with van der Waals surface area (Å²) in [6.07, 6.45) is 11.9. The Morgan fingerprint density at radius 1 is 0.913 bits per heavy atom. The van der Waals surface area contributed by atoms with Crippen LogP contribution in [0.5, 0.6) is 0 Å². The Bertz CT molecular complexity index is 1670. The zero-order valence-electron chi connectivity index (χ0n) is 27.7. The van der Waals surface area contributed by atoms with E-state index in [2.05, 4.69) is 85.0 Å². The minimum Gasteiger partial charge on any atom is -0.481 e. The average Bonchev–Trinajstić information content (AvgIpc) is 3.34. The summed E-state index contributed by atoms with van der Waals surface area (Å²) in [7, 11) is -2.70. The van der Waals surface area contributed by atoms with Gasteiger partial charge in [-0.25, -0.2) is 0 Å². The lowest BCUT2D eigenvalue weighted by atomic mass is 9.81. The van der Waals surface area contributed by atoms with Crippen molar-refractivity contribution in [2.75, 3.05) is 25.0 Å². The molecular weight excluding hydrogens is 602 g/mol. The van der Waals surface area contributed by atoms with Crippen LogP contribution in [-0.4, -0.2) is 60.4 Å². The number of carbonyl (C=O) groups is 2. The molecule has 0 spiro atoms. The third-order valence-corrected chi connectivity index (χ3v) is 10.2. The second-order valence-electron chi connectivity index (χ2n) is 13.2. The number of carboxylic acids is 1. The molecule has 4 rings (SSSR count). The van der Waals surface area contributed by atoms with Gasteiger partial charge in [-0.3, -0.25) is 14.1 Å². The summed E-state index contributed by atoms with van der Waals surface area (Å²) >= 11 is 0. The molecular formula is C36H48N3O6S+. The van der Waals surface area contributed by atoms with Gasteiger partial charge in [0.2, 0.25) is 11.6 Å². The van der Waals surface area contributed by atoms with Crippen molar-refractivity contribution in [2.24, 2.45) is 0 Å². The van der Waals surface area contributed by atoms with Gasteiger partial charge in [-0.2, -0.15) is 13.0 Å². The van der Waals surface area contributed by atoms with E-state index in [1.807, 2.05) is 0 Å². The largest absolute Gasteiger partial charge is 0.481 e. The number of aliphatic carboxylic acids is 1. The summed E-state index contributed by atoms with van der Waals surface area (Å²) in [6, 6.07) is 13.2. The lowest BCUT2D eigenvalue weighted by Crippen LogP contribution is -2.28. The normalized spacial score (nSPS) is 17.5.